The van der Waals surface area contributed by atoms with E-state index in [0.29, 0.717) is 12.0 Å². The Labute approximate surface area is 226 Å². The Hall–Kier alpha value is -4.56. The molecule has 8 heteroatoms. The molecular weight excluding hydrogens is 548 g/mol. The maximum Gasteiger partial charge on any atom is 0.337 e. The number of carbonyl (C=O) groups excluding carboxylic acids is 4. The fourth-order valence-electron chi connectivity index (χ4n) is 4.41. The van der Waals surface area contributed by atoms with Crippen LogP contribution in [-0.4, -0.2) is 30.9 Å². The van der Waals surface area contributed by atoms with E-state index in [-0.39, 0.29) is 16.8 Å². The van der Waals surface area contributed by atoms with Gasteiger partial charge in [0.15, 0.2) is 0 Å². The van der Waals surface area contributed by atoms with E-state index in [4.69, 9.17) is 4.74 Å². The Bertz CT molecular complexity index is 1640. The van der Waals surface area contributed by atoms with Crippen molar-refractivity contribution in [2.75, 3.05) is 12.0 Å². The van der Waals surface area contributed by atoms with Crippen LogP contribution in [0.2, 0.25) is 0 Å². The van der Waals surface area contributed by atoms with Crippen LogP contribution < -0.4 is 10.2 Å². The maximum atomic E-state index is 13.6. The van der Waals surface area contributed by atoms with E-state index in [0.717, 1.165) is 31.3 Å². The number of hydrogen-bond acceptors (Lipinski definition) is 5. The van der Waals surface area contributed by atoms with E-state index in [1.54, 1.807) is 6.08 Å². The van der Waals surface area contributed by atoms with Crippen molar-refractivity contribution in [3.63, 3.8) is 0 Å². The Morgan fingerprint density at radius 3 is 2.34 bits per heavy atom. The van der Waals surface area contributed by atoms with Crippen LogP contribution in [0, 0.1) is 0 Å². The first-order chi connectivity index (χ1) is 18.4. The molecule has 7 nitrogen and oxygen atoms in total. The third-order valence-corrected chi connectivity index (χ3v) is 7.11. The fourth-order valence-corrected chi connectivity index (χ4v) is 4.84. The van der Waals surface area contributed by atoms with Crippen molar-refractivity contribution < 1.29 is 23.9 Å². The number of methoxy groups -OCH3 is 1. The van der Waals surface area contributed by atoms with Crippen molar-refractivity contribution >= 4 is 62.3 Å². The SMILES string of the molecule is COC(=O)c1ccc(N2C(=O)NC(=O)/C(=C\c3c(Cc4ccccc4Br)ccc4ccccc34)C2=O)cc1. The Morgan fingerprint density at radius 2 is 1.61 bits per heavy atom. The smallest absolute Gasteiger partial charge is 0.337 e. The van der Waals surface area contributed by atoms with Crippen molar-refractivity contribution in [3.8, 4) is 0 Å². The Balaban J connectivity index is 1.60. The number of urea groups is 1. The van der Waals surface area contributed by atoms with Crippen molar-refractivity contribution in [2.24, 2.45) is 0 Å². The summed E-state index contributed by atoms with van der Waals surface area (Å²) in [5.74, 6) is -2.08. The molecule has 0 aromatic heterocycles. The van der Waals surface area contributed by atoms with E-state index >= 15 is 0 Å². The fraction of sp³-hybridized carbons (Fsp3) is 0.0667. The molecule has 1 aliphatic heterocycles. The third-order valence-electron chi connectivity index (χ3n) is 6.34. The van der Waals surface area contributed by atoms with Crippen LogP contribution in [0.3, 0.4) is 0 Å². The van der Waals surface area contributed by atoms with E-state index in [9.17, 15) is 19.2 Å². The van der Waals surface area contributed by atoms with E-state index in [1.807, 2.05) is 60.7 Å². The zero-order chi connectivity index (χ0) is 26.8. The van der Waals surface area contributed by atoms with Crippen molar-refractivity contribution in [1.82, 2.24) is 5.32 Å². The van der Waals surface area contributed by atoms with E-state index in [2.05, 4.69) is 21.2 Å². The number of nitrogens with one attached hydrogen (secondary N) is 1. The number of imide groups is 2. The molecule has 0 bridgehead atoms. The zero-order valence-electron chi connectivity index (χ0n) is 20.2. The first-order valence-corrected chi connectivity index (χ1v) is 12.5. The third kappa shape index (κ3) is 4.73. The summed E-state index contributed by atoms with van der Waals surface area (Å²) in [7, 11) is 1.26. The van der Waals surface area contributed by atoms with Gasteiger partial charge in [0.05, 0.1) is 18.4 Å². The van der Waals surface area contributed by atoms with Gasteiger partial charge in [0.25, 0.3) is 11.8 Å². The van der Waals surface area contributed by atoms with Crippen molar-refractivity contribution in [3.05, 3.63) is 117 Å². The van der Waals surface area contributed by atoms with Gasteiger partial charge in [0.1, 0.15) is 5.57 Å². The number of nitrogens with zero attached hydrogens (tertiary/aromatic N) is 1. The topological polar surface area (TPSA) is 92.8 Å². The molecular formula is C30H21BrN2O5. The van der Waals surface area contributed by atoms with E-state index < -0.39 is 23.8 Å². The number of barbiturate groups is 1. The average molecular weight is 569 g/mol. The molecule has 0 aliphatic carbocycles. The number of esters is 1. The minimum Gasteiger partial charge on any atom is -0.465 e. The summed E-state index contributed by atoms with van der Waals surface area (Å²) in [6, 6.07) is 24.5. The first-order valence-electron chi connectivity index (χ1n) is 11.7. The first kappa shape index (κ1) is 25.1. The molecule has 1 N–H and O–H groups in total. The summed E-state index contributed by atoms with van der Waals surface area (Å²) in [4.78, 5) is 51.8. The summed E-state index contributed by atoms with van der Waals surface area (Å²) < 4.78 is 5.65. The number of fused-ring (bicyclic) bond motifs is 1. The summed E-state index contributed by atoms with van der Waals surface area (Å²) in [6.45, 7) is 0. The molecule has 4 aromatic carbocycles. The van der Waals surface area contributed by atoms with Gasteiger partial charge >= 0.3 is 12.0 Å². The number of hydrogen-bond donors (Lipinski definition) is 1. The number of carbonyl (C=O) groups is 4. The minimum atomic E-state index is -0.866. The molecule has 4 amide bonds. The molecule has 0 atom stereocenters. The van der Waals surface area contributed by atoms with Gasteiger partial charge in [-0.15, -0.1) is 0 Å². The molecule has 188 valence electrons. The number of benzene rings is 4. The summed E-state index contributed by atoms with van der Waals surface area (Å²) in [5.41, 5.74) is 2.98. The lowest BCUT2D eigenvalue weighted by Gasteiger charge is -2.26. The number of amides is 4. The molecule has 1 heterocycles. The molecule has 0 radical (unpaired) electrons. The molecule has 0 saturated carbocycles. The van der Waals surface area contributed by atoms with Gasteiger partial charge in [-0.25, -0.2) is 14.5 Å². The molecule has 5 rings (SSSR count). The van der Waals surface area contributed by atoms with Crippen LogP contribution in [0.1, 0.15) is 27.0 Å². The summed E-state index contributed by atoms with van der Waals surface area (Å²) in [6.07, 6.45) is 2.10. The lowest BCUT2D eigenvalue weighted by atomic mass is 9.92. The predicted octanol–water partition coefficient (Wildman–Crippen LogP) is 5.65. The van der Waals surface area contributed by atoms with Crippen LogP contribution in [0.25, 0.3) is 16.8 Å². The van der Waals surface area contributed by atoms with Gasteiger partial charge in [-0.1, -0.05) is 70.5 Å². The largest absolute Gasteiger partial charge is 0.465 e. The molecule has 38 heavy (non-hydrogen) atoms. The average Bonchev–Trinajstić information content (AvgIpc) is 2.92. The van der Waals surface area contributed by atoms with Gasteiger partial charge in [-0.3, -0.25) is 14.9 Å². The number of halogens is 1. The van der Waals surface area contributed by atoms with Gasteiger partial charge < -0.3 is 4.74 Å². The van der Waals surface area contributed by atoms with Gasteiger partial charge in [-0.2, -0.15) is 0 Å². The van der Waals surface area contributed by atoms with Crippen LogP contribution in [0.4, 0.5) is 10.5 Å². The normalized spacial score (nSPS) is 14.6. The zero-order valence-corrected chi connectivity index (χ0v) is 21.8. The van der Waals surface area contributed by atoms with Crippen LogP contribution >= 0.6 is 15.9 Å². The number of anilines is 1. The van der Waals surface area contributed by atoms with E-state index in [1.165, 1.54) is 31.4 Å². The summed E-state index contributed by atoms with van der Waals surface area (Å²) in [5, 5.41) is 4.08. The standard InChI is InChI=1S/C30H21BrN2O5/c1-38-29(36)19-12-14-22(15-13-19)33-28(35)25(27(34)32-30(33)37)17-24-20(16-21-7-3-5-9-26(21)31)11-10-18-6-2-4-8-23(18)24/h2-15,17H,16H2,1H3,(H,32,34,37)/b25-17+. The monoisotopic (exact) mass is 568 g/mol. The minimum absolute atomic E-state index is 0.175. The van der Waals surface area contributed by atoms with Gasteiger partial charge in [0, 0.05) is 4.47 Å². The molecule has 1 fully saturated rings. The predicted molar refractivity (Wildman–Crippen MR) is 148 cm³/mol. The highest BCUT2D eigenvalue weighted by Gasteiger charge is 2.37. The van der Waals surface area contributed by atoms with Crippen LogP contribution in [-0.2, 0) is 20.7 Å². The quantitative estimate of drug-likeness (QED) is 0.191. The second-order valence-corrected chi connectivity index (χ2v) is 9.48. The van der Waals surface area contributed by atoms with Gasteiger partial charge in [-0.05, 0) is 70.3 Å². The molecule has 1 saturated heterocycles. The Morgan fingerprint density at radius 1 is 0.895 bits per heavy atom. The van der Waals surface area contributed by atoms with Crippen LogP contribution in [0.5, 0.6) is 0 Å². The lowest BCUT2D eigenvalue weighted by Crippen LogP contribution is -2.54. The van der Waals surface area contributed by atoms with Crippen molar-refractivity contribution in [2.45, 2.75) is 6.42 Å². The van der Waals surface area contributed by atoms with Crippen LogP contribution in [0.15, 0.2) is 95.0 Å². The second-order valence-electron chi connectivity index (χ2n) is 8.62. The number of rotatable bonds is 5. The molecule has 0 unspecified atom stereocenters. The highest BCUT2D eigenvalue weighted by molar-refractivity contribution is 9.10. The lowest BCUT2D eigenvalue weighted by molar-refractivity contribution is -0.122. The highest BCUT2D eigenvalue weighted by Crippen LogP contribution is 2.30. The van der Waals surface area contributed by atoms with Crippen molar-refractivity contribution in [1.29, 1.82) is 0 Å². The second kappa shape index (κ2) is 10.4. The molecule has 4 aromatic rings. The number of ether oxygens (including phenoxy) is 1. The molecule has 0 spiro atoms. The Kier molecular flexibility index (Phi) is 6.89. The molecule has 1 aliphatic rings. The maximum absolute atomic E-state index is 13.6. The van der Waals surface area contributed by atoms with Gasteiger partial charge in [0.2, 0.25) is 0 Å². The summed E-state index contributed by atoms with van der Waals surface area (Å²) >= 11 is 3.60. The highest BCUT2D eigenvalue weighted by atomic mass is 79.9.